The summed E-state index contributed by atoms with van der Waals surface area (Å²) in [5, 5.41) is 11.2. The molecule has 0 aliphatic rings. The van der Waals surface area contributed by atoms with Crippen LogP contribution in [0.4, 0.5) is 5.69 Å². The van der Waals surface area contributed by atoms with E-state index < -0.39 is 42.8 Å². The fraction of sp³-hybridized carbons (Fsp3) is 0.286. The van der Waals surface area contributed by atoms with Crippen molar-refractivity contribution in [1.82, 2.24) is 0 Å². The highest BCUT2D eigenvalue weighted by molar-refractivity contribution is 5.88. The van der Waals surface area contributed by atoms with E-state index >= 15 is 0 Å². The maximum absolute atomic E-state index is 11.5. The highest BCUT2D eigenvalue weighted by Crippen LogP contribution is 2.15. The Bertz CT molecular complexity index is 685. The van der Waals surface area contributed by atoms with Crippen LogP contribution in [0.5, 0.6) is 5.75 Å². The molecule has 1 aromatic carbocycles. The van der Waals surface area contributed by atoms with Crippen LogP contribution in [0.25, 0.3) is 0 Å². The molecule has 0 aliphatic heterocycles. The number of anilines is 1. The van der Waals surface area contributed by atoms with Crippen molar-refractivity contribution in [3.8, 4) is 5.75 Å². The molecule has 0 spiro atoms. The van der Waals surface area contributed by atoms with Crippen LogP contribution in [0.2, 0.25) is 0 Å². The van der Waals surface area contributed by atoms with Gasteiger partial charge in [-0.15, -0.1) is 10.1 Å². The molecule has 12 heteroatoms. The Labute approximate surface area is 146 Å². The number of amides is 1. The van der Waals surface area contributed by atoms with Crippen molar-refractivity contribution >= 4 is 29.5 Å². The minimum atomic E-state index is -1.20. The molecule has 26 heavy (non-hydrogen) atoms. The average Bonchev–Trinajstić information content (AvgIpc) is 2.57. The van der Waals surface area contributed by atoms with Crippen LogP contribution in [0.1, 0.15) is 6.92 Å². The quantitative estimate of drug-likeness (QED) is 0.268. The predicted molar refractivity (Wildman–Crippen MR) is 81.2 cm³/mol. The monoisotopic (exact) mass is 370 g/mol. The second-order valence-corrected chi connectivity index (χ2v) is 4.50. The van der Waals surface area contributed by atoms with Gasteiger partial charge in [0.1, 0.15) is 5.75 Å². The Kier molecular flexibility index (Phi) is 8.00. The molecule has 0 fully saturated rings. The first-order chi connectivity index (χ1) is 12.3. The maximum Gasteiger partial charge on any atom is 0.349 e. The lowest BCUT2D eigenvalue weighted by atomic mass is 10.3. The maximum atomic E-state index is 11.5. The van der Waals surface area contributed by atoms with Gasteiger partial charge in [-0.05, 0) is 24.3 Å². The first kappa shape index (κ1) is 20.3. The van der Waals surface area contributed by atoms with Gasteiger partial charge in [0.05, 0.1) is 0 Å². The van der Waals surface area contributed by atoms with Gasteiger partial charge in [-0.2, -0.15) is 0 Å². The third kappa shape index (κ3) is 8.81. The molecular formula is C14H14N2O10. The Hall–Kier alpha value is -3.70. The second kappa shape index (κ2) is 10.2. The smallest absolute Gasteiger partial charge is 0.349 e. The van der Waals surface area contributed by atoms with Crippen molar-refractivity contribution in [2.45, 2.75) is 6.92 Å². The lowest BCUT2D eigenvalue weighted by molar-refractivity contribution is -0.754. The van der Waals surface area contributed by atoms with Gasteiger partial charge in [0.25, 0.3) is 5.09 Å². The largest absolute Gasteiger partial charge is 0.452 e. The van der Waals surface area contributed by atoms with Crippen molar-refractivity contribution < 1.29 is 43.3 Å². The first-order valence-corrected chi connectivity index (χ1v) is 6.93. The number of carbonyl (C=O) groups excluding carboxylic acids is 4. The van der Waals surface area contributed by atoms with Gasteiger partial charge in [-0.1, -0.05) is 0 Å². The Morgan fingerprint density at radius 2 is 1.50 bits per heavy atom. The number of hydrogen-bond donors (Lipinski definition) is 1. The van der Waals surface area contributed by atoms with Crippen molar-refractivity contribution in [2.24, 2.45) is 0 Å². The summed E-state index contributed by atoms with van der Waals surface area (Å²) in [5.74, 6) is -3.21. The zero-order valence-electron chi connectivity index (χ0n) is 13.5. The molecule has 0 atom stereocenters. The van der Waals surface area contributed by atoms with Crippen LogP contribution in [0, 0.1) is 10.1 Å². The number of nitrogens with one attached hydrogen (secondary N) is 1. The van der Waals surface area contributed by atoms with Crippen molar-refractivity contribution in [3.05, 3.63) is 34.4 Å². The highest BCUT2D eigenvalue weighted by Gasteiger charge is 2.13. The van der Waals surface area contributed by atoms with E-state index in [1.54, 1.807) is 0 Å². The number of rotatable bonds is 9. The molecule has 140 valence electrons. The van der Waals surface area contributed by atoms with Crippen LogP contribution in [-0.4, -0.2) is 48.7 Å². The lowest BCUT2D eigenvalue weighted by Gasteiger charge is -2.07. The van der Waals surface area contributed by atoms with E-state index in [1.165, 1.54) is 31.2 Å². The number of hydrogen-bond acceptors (Lipinski definition) is 10. The fourth-order valence-electron chi connectivity index (χ4n) is 1.44. The molecule has 12 nitrogen and oxygen atoms in total. The molecule has 1 N–H and O–H groups in total. The van der Waals surface area contributed by atoms with Crippen molar-refractivity contribution in [3.63, 3.8) is 0 Å². The summed E-state index contributed by atoms with van der Waals surface area (Å²) in [4.78, 5) is 58.2. The molecule has 1 aromatic rings. The SMILES string of the molecule is CC(=O)Nc1ccc(OC(=O)COC(=O)COC(=O)CO[N+](=O)[O-])cc1. The van der Waals surface area contributed by atoms with E-state index in [-0.39, 0.29) is 11.7 Å². The van der Waals surface area contributed by atoms with Crippen LogP contribution < -0.4 is 10.1 Å². The van der Waals surface area contributed by atoms with Gasteiger partial charge >= 0.3 is 17.9 Å². The van der Waals surface area contributed by atoms with Crippen LogP contribution in [0.15, 0.2) is 24.3 Å². The normalized spacial score (nSPS) is 9.58. The predicted octanol–water partition coefficient (Wildman–Crippen LogP) is -0.155. The van der Waals surface area contributed by atoms with Gasteiger partial charge in [0, 0.05) is 12.6 Å². The molecular weight excluding hydrogens is 356 g/mol. The summed E-state index contributed by atoms with van der Waals surface area (Å²) in [6.45, 7) is -1.22. The van der Waals surface area contributed by atoms with Crippen molar-refractivity contribution in [2.75, 3.05) is 25.1 Å². The standard InChI is InChI=1S/C14H14N2O10/c1-9(17)15-10-2-4-11(5-3-10)26-14(20)7-24-12(18)6-23-13(19)8-25-16(21)22/h2-5H,6-8H2,1H3,(H,15,17). The topological polar surface area (TPSA) is 160 Å². The van der Waals surface area contributed by atoms with Gasteiger partial charge in [0.2, 0.25) is 5.91 Å². The molecule has 0 bridgehead atoms. The summed E-state index contributed by atoms with van der Waals surface area (Å²) < 4.78 is 13.7. The Morgan fingerprint density at radius 3 is 2.04 bits per heavy atom. The third-order valence-corrected chi connectivity index (χ3v) is 2.40. The van der Waals surface area contributed by atoms with Crippen molar-refractivity contribution in [1.29, 1.82) is 0 Å². The molecule has 0 saturated heterocycles. The Morgan fingerprint density at radius 1 is 0.962 bits per heavy atom. The summed E-state index contributed by atoms with van der Waals surface area (Å²) in [7, 11) is 0. The molecule has 1 rings (SSSR count). The molecule has 0 saturated carbocycles. The molecule has 0 aromatic heterocycles. The third-order valence-electron chi connectivity index (χ3n) is 2.40. The van der Waals surface area contributed by atoms with E-state index in [0.29, 0.717) is 5.69 Å². The van der Waals surface area contributed by atoms with Crippen LogP contribution in [0.3, 0.4) is 0 Å². The summed E-state index contributed by atoms with van der Waals surface area (Å²) in [6, 6.07) is 5.84. The Balaban J connectivity index is 2.28. The summed E-state index contributed by atoms with van der Waals surface area (Å²) in [5.41, 5.74) is 0.506. The summed E-state index contributed by atoms with van der Waals surface area (Å²) in [6.07, 6.45) is 0. The molecule has 1 amide bonds. The second-order valence-electron chi connectivity index (χ2n) is 4.50. The van der Waals surface area contributed by atoms with E-state index in [9.17, 15) is 29.3 Å². The van der Waals surface area contributed by atoms with Crippen LogP contribution in [-0.2, 0) is 33.5 Å². The van der Waals surface area contributed by atoms with E-state index in [0.717, 1.165) is 0 Å². The molecule has 0 radical (unpaired) electrons. The van der Waals surface area contributed by atoms with Gasteiger partial charge in [-0.3, -0.25) is 4.79 Å². The number of esters is 3. The van der Waals surface area contributed by atoms with Gasteiger partial charge < -0.3 is 24.4 Å². The summed E-state index contributed by atoms with van der Waals surface area (Å²) >= 11 is 0. The number of carbonyl (C=O) groups is 4. The van der Waals surface area contributed by atoms with E-state index in [1.807, 2.05) is 0 Å². The van der Waals surface area contributed by atoms with Crippen LogP contribution >= 0.6 is 0 Å². The van der Waals surface area contributed by atoms with Gasteiger partial charge in [-0.25, -0.2) is 14.4 Å². The lowest BCUT2D eigenvalue weighted by Crippen LogP contribution is -2.24. The van der Waals surface area contributed by atoms with E-state index in [4.69, 9.17) is 4.74 Å². The zero-order chi connectivity index (χ0) is 19.5. The number of ether oxygens (including phenoxy) is 3. The minimum Gasteiger partial charge on any atom is -0.452 e. The minimum absolute atomic E-state index is 0.156. The fourth-order valence-corrected chi connectivity index (χ4v) is 1.44. The first-order valence-electron chi connectivity index (χ1n) is 6.93. The number of benzene rings is 1. The zero-order valence-corrected chi connectivity index (χ0v) is 13.5. The molecule has 0 aliphatic carbocycles. The molecule has 0 heterocycles. The van der Waals surface area contributed by atoms with E-state index in [2.05, 4.69) is 19.6 Å². The number of nitrogens with zero attached hydrogens (tertiary/aromatic N) is 1. The van der Waals surface area contributed by atoms with Gasteiger partial charge in [0.15, 0.2) is 19.8 Å². The highest BCUT2D eigenvalue weighted by atomic mass is 17.0. The molecule has 0 unspecified atom stereocenters. The average molecular weight is 370 g/mol.